The predicted octanol–water partition coefficient (Wildman–Crippen LogP) is 7.87. The van der Waals surface area contributed by atoms with Crippen LogP contribution in [0.5, 0.6) is 0 Å². The first kappa shape index (κ1) is 34.5. The predicted molar refractivity (Wildman–Crippen MR) is 102 cm³/mol. The van der Waals surface area contributed by atoms with Gasteiger partial charge in [-0.2, -0.15) is 83.1 Å². The number of hydrogen-bond donors (Lipinski definition) is 0. The van der Waals surface area contributed by atoms with Gasteiger partial charge in [0.25, 0.3) is 0 Å². The van der Waals surface area contributed by atoms with E-state index in [2.05, 4.69) is 3.63 Å². The smallest absolute Gasteiger partial charge is 0.211 e. The Labute approximate surface area is 214 Å². The molecule has 1 fully saturated rings. The van der Waals surface area contributed by atoms with E-state index in [1.165, 1.54) is 6.07 Å². The third-order valence-corrected chi connectivity index (χ3v) is 11.3. The molecule has 0 spiro atoms. The van der Waals surface area contributed by atoms with Crippen LogP contribution in [0.25, 0.3) is 0 Å². The summed E-state index contributed by atoms with van der Waals surface area (Å²) in [5, 5.41) is -7.68. The van der Waals surface area contributed by atoms with Gasteiger partial charge in [0.2, 0.25) is 0 Å². The van der Waals surface area contributed by atoms with Crippen LogP contribution in [0.2, 0.25) is 0 Å². The van der Waals surface area contributed by atoms with E-state index < -0.39 is 78.9 Å². The summed E-state index contributed by atoms with van der Waals surface area (Å²) in [5.74, 6) is -52.9. The van der Waals surface area contributed by atoms with Gasteiger partial charge in [-0.25, -0.2) is 3.63 Å². The lowest BCUT2D eigenvalue weighted by atomic mass is 9.91. The van der Waals surface area contributed by atoms with E-state index in [9.17, 15) is 83.1 Å². The van der Waals surface area contributed by atoms with Gasteiger partial charge in [-0.15, -0.1) is 0 Å². The normalized spacial score (nSPS) is 19.5. The Hall–Kier alpha value is -1.71. The molecular weight excluding hydrogens is 651 g/mol. The van der Waals surface area contributed by atoms with Gasteiger partial charge in [-0.1, -0.05) is 28.5 Å². The summed E-state index contributed by atoms with van der Waals surface area (Å²) >= 11 is 0. The fraction of sp³-hybridized carbons (Fsp3) is 0.667. The number of halogens is 17. The molecule has 40 heavy (non-hydrogen) atoms. The minimum Gasteiger partial charge on any atom is -0.211 e. The van der Waals surface area contributed by atoms with E-state index in [4.69, 9.17) is 0 Å². The van der Waals surface area contributed by atoms with Crippen molar-refractivity contribution in [2.75, 3.05) is 11.5 Å². The number of benzene rings is 1. The van der Waals surface area contributed by atoms with Gasteiger partial charge in [0.1, 0.15) is 0 Å². The van der Waals surface area contributed by atoms with Gasteiger partial charge in [0, 0.05) is 16.4 Å². The highest BCUT2D eigenvalue weighted by Gasteiger charge is 2.96. The molecule has 22 heteroatoms. The summed E-state index contributed by atoms with van der Waals surface area (Å²) < 4.78 is 257. The standard InChI is InChI=1S/C18H13F17O3S2/c19-11(20,13(23,24)15(27,28)17(31,32)33)12(21,22)14(25,26)16(29,30)18(34,35)40(36,37)38-39(8-4-5-9-39)10-6-2-1-3-7-10/h1-3,6-7H,4-5,8-9H2. The Morgan fingerprint density at radius 3 is 1.27 bits per heavy atom. The summed E-state index contributed by atoms with van der Waals surface area (Å²) in [4.78, 5) is -0.271. The van der Waals surface area contributed by atoms with Crippen molar-refractivity contribution >= 4 is 20.4 Å². The van der Waals surface area contributed by atoms with Crippen molar-refractivity contribution in [2.45, 2.75) is 64.7 Å². The zero-order valence-electron chi connectivity index (χ0n) is 18.7. The monoisotopic (exact) mass is 664 g/mol. The van der Waals surface area contributed by atoms with Crippen molar-refractivity contribution < 1.29 is 86.7 Å². The molecule has 1 aliphatic heterocycles. The molecule has 0 N–H and O–H groups in total. The topological polar surface area (TPSA) is 43.4 Å². The molecule has 0 bridgehead atoms. The van der Waals surface area contributed by atoms with Crippen molar-refractivity contribution in [3.05, 3.63) is 30.3 Å². The largest absolute Gasteiger partial charge is 0.460 e. The molecule has 1 saturated heterocycles. The van der Waals surface area contributed by atoms with Crippen molar-refractivity contribution in [1.82, 2.24) is 0 Å². The second kappa shape index (κ2) is 9.66. The number of rotatable bonds is 10. The minimum absolute atomic E-state index is 0.0370. The van der Waals surface area contributed by atoms with Crippen LogP contribution in [-0.4, -0.2) is 66.9 Å². The summed E-state index contributed by atoms with van der Waals surface area (Å²) in [6.45, 7) is 0. The SMILES string of the molecule is O=S(=O)(OS1(c2ccccc2)CCCC1)C(F)(F)C(F)(F)C(F)(F)C(F)(F)C(F)(F)C(F)(F)C(F)(F)C(F)(F)F. The highest BCUT2D eigenvalue weighted by atomic mass is 32.3. The minimum atomic E-state index is -8.88. The lowest BCUT2D eigenvalue weighted by Gasteiger charge is -2.43. The molecule has 0 aromatic heterocycles. The summed E-state index contributed by atoms with van der Waals surface area (Å²) in [5.41, 5.74) is 0. The lowest BCUT2D eigenvalue weighted by Crippen LogP contribution is -2.75. The van der Waals surface area contributed by atoms with Crippen LogP contribution < -0.4 is 0 Å². The third kappa shape index (κ3) is 4.58. The van der Waals surface area contributed by atoms with Gasteiger partial charge >= 0.3 is 57.1 Å². The van der Waals surface area contributed by atoms with E-state index in [1.807, 2.05) is 0 Å². The van der Waals surface area contributed by atoms with E-state index >= 15 is 0 Å². The fourth-order valence-electron chi connectivity index (χ4n) is 3.30. The maximum Gasteiger partial charge on any atom is 0.460 e. The highest BCUT2D eigenvalue weighted by Crippen LogP contribution is 2.67. The Morgan fingerprint density at radius 1 is 0.550 bits per heavy atom. The quantitative estimate of drug-likeness (QED) is 0.239. The molecule has 1 aliphatic rings. The molecular formula is C18H13F17O3S2. The summed E-state index contributed by atoms with van der Waals surface area (Å²) in [7, 11) is -11.2. The van der Waals surface area contributed by atoms with Gasteiger partial charge in [-0.3, -0.25) is 0 Å². The average Bonchev–Trinajstić information content (AvgIpc) is 3.27. The molecule has 0 amide bonds. The molecule has 0 atom stereocenters. The number of hydrogen-bond acceptors (Lipinski definition) is 3. The Morgan fingerprint density at radius 2 is 0.900 bits per heavy atom. The molecule has 3 nitrogen and oxygen atoms in total. The second-order valence-electron chi connectivity index (χ2n) is 8.22. The van der Waals surface area contributed by atoms with Gasteiger partial charge in [0.05, 0.1) is 0 Å². The Bertz CT molecular complexity index is 1170. The maximum absolute atomic E-state index is 14.4. The molecule has 1 aromatic carbocycles. The molecule has 1 aromatic rings. The van der Waals surface area contributed by atoms with Crippen LogP contribution in [0, 0.1) is 0 Å². The summed E-state index contributed by atoms with van der Waals surface area (Å²) in [6, 6.07) is 5.61. The van der Waals surface area contributed by atoms with Crippen molar-refractivity contribution in [3.63, 3.8) is 0 Å². The second-order valence-corrected chi connectivity index (χ2v) is 13.1. The zero-order valence-corrected chi connectivity index (χ0v) is 20.3. The third-order valence-electron chi connectivity index (χ3n) is 5.60. The summed E-state index contributed by atoms with van der Waals surface area (Å²) in [6.07, 6.45) is -7.96. The molecule has 0 saturated carbocycles. The van der Waals surface area contributed by atoms with E-state index in [0.717, 1.165) is 24.3 Å². The highest BCUT2D eigenvalue weighted by molar-refractivity contribution is 8.33. The van der Waals surface area contributed by atoms with Crippen LogP contribution >= 0.6 is 10.3 Å². The molecule has 1 heterocycles. The number of alkyl halides is 17. The maximum atomic E-state index is 14.4. The molecule has 2 rings (SSSR count). The van der Waals surface area contributed by atoms with Gasteiger partial charge < -0.3 is 0 Å². The zero-order chi connectivity index (χ0) is 31.6. The average molecular weight is 664 g/mol. The van der Waals surface area contributed by atoms with Crippen LogP contribution in [0.1, 0.15) is 12.8 Å². The lowest BCUT2D eigenvalue weighted by molar-refractivity contribution is -0.458. The van der Waals surface area contributed by atoms with Crippen molar-refractivity contribution in [2.24, 2.45) is 0 Å². The first-order valence-electron chi connectivity index (χ1n) is 10.0. The van der Waals surface area contributed by atoms with Crippen molar-refractivity contribution in [1.29, 1.82) is 0 Å². The molecule has 0 radical (unpaired) electrons. The van der Waals surface area contributed by atoms with Crippen LogP contribution in [0.4, 0.5) is 74.6 Å². The van der Waals surface area contributed by atoms with Crippen molar-refractivity contribution in [3.8, 4) is 0 Å². The van der Waals surface area contributed by atoms with E-state index in [0.29, 0.717) is 0 Å². The van der Waals surface area contributed by atoms with Crippen LogP contribution in [0.3, 0.4) is 0 Å². The first-order valence-corrected chi connectivity index (χ1v) is 13.3. The molecule has 234 valence electrons. The Balaban J connectivity index is 2.64. The van der Waals surface area contributed by atoms with Gasteiger partial charge in [-0.05, 0) is 25.0 Å². The van der Waals surface area contributed by atoms with E-state index in [1.54, 1.807) is 0 Å². The van der Waals surface area contributed by atoms with Crippen LogP contribution in [-0.2, 0) is 13.7 Å². The molecule has 0 aliphatic carbocycles. The first-order chi connectivity index (χ1) is 17.5. The fourth-order valence-corrected chi connectivity index (χ4v) is 8.99. The Kier molecular flexibility index (Phi) is 8.33. The molecule has 0 unspecified atom stereocenters. The van der Waals surface area contributed by atoms with E-state index in [-0.39, 0.29) is 17.7 Å². The van der Waals surface area contributed by atoms with Gasteiger partial charge in [0.15, 0.2) is 0 Å². The van der Waals surface area contributed by atoms with Crippen LogP contribution in [0.15, 0.2) is 35.2 Å².